The van der Waals surface area contributed by atoms with Crippen molar-refractivity contribution in [2.24, 2.45) is 0 Å². The molecule has 0 aromatic heterocycles. The SMILES string of the molecule is CC(C)c1ccc(Sc2ccc([C@H](C)O)cc2F)cc1. The van der Waals surface area contributed by atoms with Crippen molar-refractivity contribution < 1.29 is 9.50 Å². The summed E-state index contributed by atoms with van der Waals surface area (Å²) in [6.45, 7) is 5.93. The van der Waals surface area contributed by atoms with E-state index in [0.29, 0.717) is 16.4 Å². The van der Waals surface area contributed by atoms with Crippen LogP contribution in [0.2, 0.25) is 0 Å². The van der Waals surface area contributed by atoms with E-state index < -0.39 is 6.10 Å². The smallest absolute Gasteiger partial charge is 0.137 e. The highest BCUT2D eigenvalue weighted by Crippen LogP contribution is 2.32. The van der Waals surface area contributed by atoms with E-state index in [0.717, 1.165) is 4.90 Å². The summed E-state index contributed by atoms with van der Waals surface area (Å²) < 4.78 is 14.0. The summed E-state index contributed by atoms with van der Waals surface area (Å²) in [4.78, 5) is 1.59. The zero-order chi connectivity index (χ0) is 14.7. The van der Waals surface area contributed by atoms with Crippen molar-refractivity contribution in [3.8, 4) is 0 Å². The van der Waals surface area contributed by atoms with Crippen molar-refractivity contribution in [2.45, 2.75) is 42.6 Å². The molecule has 1 nitrogen and oxygen atoms in total. The zero-order valence-corrected chi connectivity index (χ0v) is 12.7. The Morgan fingerprint density at radius 1 is 0.950 bits per heavy atom. The summed E-state index contributed by atoms with van der Waals surface area (Å²) in [5.41, 5.74) is 1.88. The fourth-order valence-corrected chi connectivity index (χ4v) is 2.73. The van der Waals surface area contributed by atoms with E-state index >= 15 is 0 Å². The van der Waals surface area contributed by atoms with Crippen molar-refractivity contribution in [2.75, 3.05) is 0 Å². The van der Waals surface area contributed by atoms with Crippen LogP contribution >= 0.6 is 11.8 Å². The molecule has 0 aliphatic carbocycles. The summed E-state index contributed by atoms with van der Waals surface area (Å²) in [5.74, 6) is 0.206. The van der Waals surface area contributed by atoms with Crippen LogP contribution in [-0.4, -0.2) is 5.11 Å². The largest absolute Gasteiger partial charge is 0.389 e. The van der Waals surface area contributed by atoms with Gasteiger partial charge in [0.25, 0.3) is 0 Å². The quantitative estimate of drug-likeness (QED) is 0.840. The fourth-order valence-electron chi connectivity index (χ4n) is 1.91. The van der Waals surface area contributed by atoms with Crippen LogP contribution in [0.15, 0.2) is 52.3 Å². The molecule has 1 atom stereocenters. The number of aliphatic hydroxyl groups is 1. The van der Waals surface area contributed by atoms with Gasteiger partial charge in [0.15, 0.2) is 0 Å². The molecule has 0 saturated carbocycles. The minimum absolute atomic E-state index is 0.290. The molecule has 0 radical (unpaired) electrons. The molecular formula is C17H19FOS. The van der Waals surface area contributed by atoms with E-state index in [1.807, 2.05) is 12.1 Å². The number of aliphatic hydroxyl groups excluding tert-OH is 1. The Balaban J connectivity index is 2.17. The molecule has 0 unspecified atom stereocenters. The first-order valence-electron chi connectivity index (χ1n) is 6.72. The lowest BCUT2D eigenvalue weighted by Gasteiger charge is -2.09. The Morgan fingerprint density at radius 2 is 1.55 bits per heavy atom. The van der Waals surface area contributed by atoms with Crippen molar-refractivity contribution in [1.29, 1.82) is 0 Å². The molecule has 0 saturated heterocycles. The molecule has 2 aromatic rings. The van der Waals surface area contributed by atoms with E-state index in [-0.39, 0.29) is 5.82 Å². The van der Waals surface area contributed by atoms with Gasteiger partial charge in [0, 0.05) is 9.79 Å². The highest BCUT2D eigenvalue weighted by molar-refractivity contribution is 7.99. The van der Waals surface area contributed by atoms with Crippen LogP contribution in [0, 0.1) is 5.82 Å². The first-order valence-corrected chi connectivity index (χ1v) is 7.54. The first kappa shape index (κ1) is 15.1. The van der Waals surface area contributed by atoms with Crippen LogP contribution in [0.4, 0.5) is 4.39 Å². The van der Waals surface area contributed by atoms with Gasteiger partial charge in [0.2, 0.25) is 0 Å². The average molecular weight is 290 g/mol. The lowest BCUT2D eigenvalue weighted by atomic mass is 10.0. The third kappa shape index (κ3) is 3.62. The van der Waals surface area contributed by atoms with Crippen molar-refractivity contribution in [3.05, 3.63) is 59.4 Å². The molecule has 0 aliphatic heterocycles. The maximum absolute atomic E-state index is 14.0. The molecule has 0 aliphatic rings. The van der Waals surface area contributed by atoms with Gasteiger partial charge < -0.3 is 5.11 Å². The van der Waals surface area contributed by atoms with Crippen molar-refractivity contribution in [3.63, 3.8) is 0 Å². The molecule has 0 spiro atoms. The van der Waals surface area contributed by atoms with Gasteiger partial charge in [0.05, 0.1) is 6.10 Å². The highest BCUT2D eigenvalue weighted by atomic mass is 32.2. The molecule has 0 heterocycles. The topological polar surface area (TPSA) is 20.2 Å². The number of hydrogen-bond donors (Lipinski definition) is 1. The van der Waals surface area contributed by atoms with Crippen LogP contribution in [-0.2, 0) is 0 Å². The lowest BCUT2D eigenvalue weighted by Crippen LogP contribution is -1.93. The maximum atomic E-state index is 14.0. The highest BCUT2D eigenvalue weighted by Gasteiger charge is 2.08. The van der Waals surface area contributed by atoms with Crippen LogP contribution in [0.25, 0.3) is 0 Å². The Labute approximate surface area is 123 Å². The molecule has 0 bridgehead atoms. The van der Waals surface area contributed by atoms with Gasteiger partial charge >= 0.3 is 0 Å². The van der Waals surface area contributed by atoms with E-state index in [9.17, 15) is 9.50 Å². The van der Waals surface area contributed by atoms with E-state index in [1.165, 1.54) is 23.4 Å². The average Bonchev–Trinajstić information content (AvgIpc) is 2.41. The predicted molar refractivity (Wildman–Crippen MR) is 81.7 cm³/mol. The monoisotopic (exact) mass is 290 g/mol. The number of hydrogen-bond acceptors (Lipinski definition) is 2. The van der Waals surface area contributed by atoms with Gasteiger partial charge in [0.1, 0.15) is 5.82 Å². The summed E-state index contributed by atoms with van der Waals surface area (Å²) in [5, 5.41) is 9.44. The van der Waals surface area contributed by atoms with Gasteiger partial charge in [-0.05, 0) is 48.2 Å². The van der Waals surface area contributed by atoms with Crippen LogP contribution in [0.5, 0.6) is 0 Å². The predicted octanol–water partition coefficient (Wildman–Crippen LogP) is 5.15. The third-order valence-corrected chi connectivity index (χ3v) is 4.27. The molecule has 20 heavy (non-hydrogen) atoms. The van der Waals surface area contributed by atoms with Gasteiger partial charge in [-0.25, -0.2) is 4.39 Å². The number of halogens is 1. The van der Waals surface area contributed by atoms with Gasteiger partial charge in [-0.15, -0.1) is 0 Å². The van der Waals surface area contributed by atoms with Gasteiger partial charge in [-0.1, -0.05) is 43.8 Å². The third-order valence-electron chi connectivity index (χ3n) is 3.21. The second-order valence-electron chi connectivity index (χ2n) is 5.19. The fraction of sp³-hybridized carbons (Fsp3) is 0.294. The Kier molecular flexibility index (Phi) is 4.84. The summed E-state index contributed by atoms with van der Waals surface area (Å²) in [7, 11) is 0. The van der Waals surface area contributed by atoms with E-state index in [2.05, 4.69) is 26.0 Å². The second-order valence-corrected chi connectivity index (χ2v) is 6.31. The molecule has 3 heteroatoms. The number of benzene rings is 2. The second kappa shape index (κ2) is 6.42. The van der Waals surface area contributed by atoms with Crippen molar-refractivity contribution in [1.82, 2.24) is 0 Å². The first-order chi connectivity index (χ1) is 9.47. The lowest BCUT2D eigenvalue weighted by molar-refractivity contribution is 0.198. The Morgan fingerprint density at radius 3 is 2.05 bits per heavy atom. The summed E-state index contributed by atoms with van der Waals surface area (Å²) in [6, 6.07) is 13.1. The van der Waals surface area contributed by atoms with E-state index in [1.54, 1.807) is 19.1 Å². The molecule has 2 rings (SSSR count). The Bertz CT molecular complexity index is 576. The van der Waals surface area contributed by atoms with Crippen LogP contribution in [0.1, 0.15) is 43.9 Å². The normalized spacial score (nSPS) is 12.7. The van der Waals surface area contributed by atoms with Gasteiger partial charge in [-0.2, -0.15) is 0 Å². The molecule has 0 fully saturated rings. The van der Waals surface area contributed by atoms with Crippen LogP contribution in [0.3, 0.4) is 0 Å². The molecule has 2 aromatic carbocycles. The molecule has 106 valence electrons. The molecular weight excluding hydrogens is 271 g/mol. The maximum Gasteiger partial charge on any atom is 0.137 e. The number of rotatable bonds is 4. The minimum atomic E-state index is -0.645. The van der Waals surface area contributed by atoms with Crippen LogP contribution < -0.4 is 0 Å². The van der Waals surface area contributed by atoms with Gasteiger partial charge in [-0.3, -0.25) is 0 Å². The standard InChI is InChI=1S/C17H19FOS/c1-11(2)13-4-7-15(8-5-13)20-17-9-6-14(12(3)19)10-16(17)18/h4-12,19H,1-3H3/t12-/m0/s1. The molecule has 0 amide bonds. The Hall–Kier alpha value is -1.32. The summed E-state index contributed by atoms with van der Waals surface area (Å²) in [6.07, 6.45) is -0.645. The minimum Gasteiger partial charge on any atom is -0.389 e. The van der Waals surface area contributed by atoms with Crippen molar-refractivity contribution >= 4 is 11.8 Å². The summed E-state index contributed by atoms with van der Waals surface area (Å²) >= 11 is 1.40. The van der Waals surface area contributed by atoms with E-state index in [4.69, 9.17) is 0 Å². The molecule has 1 N–H and O–H groups in total. The zero-order valence-electron chi connectivity index (χ0n) is 11.9.